The molecule has 0 bridgehead atoms. The standard InChI is InChI=1S/C22H29N3O3/c1-27-17-9-10-20(28-2)18(12-17)15-8-11-21-24-19(14-25(21)13-15)22(26)23-16-6-4-3-5-7-16/h9-10,12,14-16H,3-8,11,13H2,1-2H3,(H,23,26). The zero-order valence-corrected chi connectivity index (χ0v) is 16.7. The van der Waals surface area contributed by atoms with Gasteiger partial charge in [0, 0.05) is 36.7 Å². The number of hydrogen-bond acceptors (Lipinski definition) is 4. The SMILES string of the molecule is COc1ccc(OC)c(C2CCc3nc(C(=O)NC4CCCCC4)cn3C2)c1. The summed E-state index contributed by atoms with van der Waals surface area (Å²) in [5, 5.41) is 3.17. The first-order valence-corrected chi connectivity index (χ1v) is 10.3. The molecule has 1 unspecified atom stereocenters. The third-order valence-electron chi connectivity index (χ3n) is 6.04. The van der Waals surface area contributed by atoms with Gasteiger partial charge in [0.25, 0.3) is 5.91 Å². The highest BCUT2D eigenvalue weighted by atomic mass is 16.5. The molecule has 1 saturated carbocycles. The van der Waals surface area contributed by atoms with Crippen LogP contribution in [0.5, 0.6) is 11.5 Å². The number of aromatic nitrogens is 2. The minimum atomic E-state index is -0.0377. The fourth-order valence-corrected chi connectivity index (χ4v) is 4.47. The maximum Gasteiger partial charge on any atom is 0.271 e. The Labute approximate surface area is 166 Å². The van der Waals surface area contributed by atoms with Crippen LogP contribution >= 0.6 is 0 Å². The second-order valence-corrected chi connectivity index (χ2v) is 7.85. The van der Waals surface area contributed by atoms with Gasteiger partial charge >= 0.3 is 0 Å². The van der Waals surface area contributed by atoms with Crippen LogP contribution in [0.2, 0.25) is 0 Å². The second kappa shape index (κ2) is 8.25. The summed E-state index contributed by atoms with van der Waals surface area (Å²) >= 11 is 0. The normalized spacial score (nSPS) is 19.7. The molecule has 4 rings (SSSR count). The van der Waals surface area contributed by atoms with E-state index < -0.39 is 0 Å². The highest BCUT2D eigenvalue weighted by Gasteiger charge is 2.26. The minimum Gasteiger partial charge on any atom is -0.497 e. The Balaban J connectivity index is 1.49. The van der Waals surface area contributed by atoms with Gasteiger partial charge in [0.05, 0.1) is 14.2 Å². The fourth-order valence-electron chi connectivity index (χ4n) is 4.47. The highest BCUT2D eigenvalue weighted by Crippen LogP contribution is 2.36. The first-order valence-electron chi connectivity index (χ1n) is 10.3. The summed E-state index contributed by atoms with van der Waals surface area (Å²) < 4.78 is 13.1. The van der Waals surface area contributed by atoms with E-state index in [2.05, 4.69) is 20.9 Å². The van der Waals surface area contributed by atoms with Crippen molar-refractivity contribution in [2.75, 3.05) is 14.2 Å². The highest BCUT2D eigenvalue weighted by molar-refractivity contribution is 5.92. The van der Waals surface area contributed by atoms with Crippen LogP contribution in [0.3, 0.4) is 0 Å². The average Bonchev–Trinajstić information content (AvgIpc) is 3.17. The van der Waals surface area contributed by atoms with E-state index in [1.54, 1.807) is 14.2 Å². The lowest BCUT2D eigenvalue weighted by Gasteiger charge is -2.25. The number of nitrogens with zero attached hydrogens (tertiary/aromatic N) is 2. The van der Waals surface area contributed by atoms with E-state index >= 15 is 0 Å². The van der Waals surface area contributed by atoms with Crippen molar-refractivity contribution in [3.05, 3.63) is 41.5 Å². The topological polar surface area (TPSA) is 65.4 Å². The molecule has 1 atom stereocenters. The monoisotopic (exact) mass is 383 g/mol. The third kappa shape index (κ3) is 3.86. The van der Waals surface area contributed by atoms with E-state index in [0.717, 1.165) is 55.1 Å². The van der Waals surface area contributed by atoms with Gasteiger partial charge < -0.3 is 19.4 Å². The van der Waals surface area contributed by atoms with Gasteiger partial charge in [-0.05, 0) is 37.5 Å². The lowest BCUT2D eigenvalue weighted by atomic mass is 9.90. The number of amides is 1. The van der Waals surface area contributed by atoms with Crippen LogP contribution in [0.4, 0.5) is 0 Å². The van der Waals surface area contributed by atoms with Crippen molar-refractivity contribution in [2.45, 2.75) is 63.5 Å². The van der Waals surface area contributed by atoms with E-state index in [1.807, 2.05) is 18.3 Å². The molecule has 2 aromatic rings. The molecule has 1 fully saturated rings. The van der Waals surface area contributed by atoms with Gasteiger partial charge in [-0.1, -0.05) is 19.3 Å². The van der Waals surface area contributed by atoms with Gasteiger partial charge in [0.2, 0.25) is 0 Å². The first-order chi connectivity index (χ1) is 13.7. The van der Waals surface area contributed by atoms with E-state index in [9.17, 15) is 4.79 Å². The van der Waals surface area contributed by atoms with Crippen LogP contribution in [-0.2, 0) is 13.0 Å². The van der Waals surface area contributed by atoms with Crippen molar-refractivity contribution in [1.29, 1.82) is 0 Å². The number of ether oxygens (including phenoxy) is 2. The molecule has 2 heterocycles. The average molecular weight is 383 g/mol. The molecule has 150 valence electrons. The molecule has 6 heteroatoms. The molecule has 2 aliphatic rings. The molecular formula is C22H29N3O3. The number of nitrogens with one attached hydrogen (secondary N) is 1. The van der Waals surface area contributed by atoms with Gasteiger partial charge in [0.15, 0.2) is 0 Å². The maximum atomic E-state index is 12.6. The first kappa shape index (κ1) is 18.8. The van der Waals surface area contributed by atoms with E-state index in [-0.39, 0.29) is 5.91 Å². The zero-order valence-electron chi connectivity index (χ0n) is 16.7. The van der Waals surface area contributed by atoms with Gasteiger partial charge in [-0.15, -0.1) is 0 Å². The van der Waals surface area contributed by atoms with Crippen LogP contribution in [-0.4, -0.2) is 35.7 Å². The lowest BCUT2D eigenvalue weighted by Crippen LogP contribution is -2.36. The summed E-state index contributed by atoms with van der Waals surface area (Å²) in [6, 6.07) is 6.23. The molecular weight excluding hydrogens is 354 g/mol. The molecule has 1 aliphatic heterocycles. The Kier molecular flexibility index (Phi) is 5.55. The fraction of sp³-hybridized carbons (Fsp3) is 0.545. The van der Waals surface area contributed by atoms with Gasteiger partial charge in [0.1, 0.15) is 23.0 Å². The van der Waals surface area contributed by atoms with Crippen molar-refractivity contribution in [3.8, 4) is 11.5 Å². The summed E-state index contributed by atoms with van der Waals surface area (Å²) in [6.45, 7) is 0.794. The Hall–Kier alpha value is -2.50. The number of carbonyl (C=O) groups is 1. The Morgan fingerprint density at radius 2 is 1.96 bits per heavy atom. The molecule has 1 amide bonds. The molecule has 1 N–H and O–H groups in total. The van der Waals surface area contributed by atoms with E-state index in [4.69, 9.17) is 9.47 Å². The van der Waals surface area contributed by atoms with E-state index in [1.165, 1.54) is 19.3 Å². The van der Waals surface area contributed by atoms with Crippen molar-refractivity contribution in [3.63, 3.8) is 0 Å². The maximum absolute atomic E-state index is 12.6. The molecule has 1 aliphatic carbocycles. The Morgan fingerprint density at radius 1 is 1.14 bits per heavy atom. The quantitative estimate of drug-likeness (QED) is 0.855. The summed E-state index contributed by atoms with van der Waals surface area (Å²) in [4.78, 5) is 17.3. The molecule has 28 heavy (non-hydrogen) atoms. The van der Waals surface area contributed by atoms with Crippen molar-refractivity contribution >= 4 is 5.91 Å². The molecule has 0 saturated heterocycles. The summed E-state index contributed by atoms with van der Waals surface area (Å²) in [5.41, 5.74) is 1.69. The Morgan fingerprint density at radius 3 is 2.71 bits per heavy atom. The number of benzene rings is 1. The predicted molar refractivity (Wildman–Crippen MR) is 107 cm³/mol. The molecule has 6 nitrogen and oxygen atoms in total. The number of rotatable bonds is 5. The van der Waals surface area contributed by atoms with Crippen molar-refractivity contribution in [2.24, 2.45) is 0 Å². The molecule has 0 spiro atoms. The smallest absolute Gasteiger partial charge is 0.271 e. The van der Waals surface area contributed by atoms with Crippen LogP contribution in [0, 0.1) is 0 Å². The lowest BCUT2D eigenvalue weighted by molar-refractivity contribution is 0.0923. The number of imidazole rings is 1. The second-order valence-electron chi connectivity index (χ2n) is 7.85. The number of methoxy groups -OCH3 is 2. The minimum absolute atomic E-state index is 0.0377. The van der Waals surface area contributed by atoms with Crippen molar-refractivity contribution in [1.82, 2.24) is 14.9 Å². The third-order valence-corrected chi connectivity index (χ3v) is 6.04. The number of carbonyl (C=O) groups excluding carboxylic acids is 1. The molecule has 0 radical (unpaired) electrons. The summed E-state index contributed by atoms with van der Waals surface area (Å²) in [6.07, 6.45) is 9.58. The summed E-state index contributed by atoms with van der Waals surface area (Å²) in [7, 11) is 3.38. The predicted octanol–water partition coefficient (Wildman–Crippen LogP) is 3.69. The van der Waals surface area contributed by atoms with Gasteiger partial charge in [-0.25, -0.2) is 4.98 Å². The number of aryl methyl sites for hydroxylation is 1. The Bertz CT molecular complexity index is 840. The summed E-state index contributed by atoms with van der Waals surface area (Å²) in [5.74, 6) is 2.97. The van der Waals surface area contributed by atoms with Crippen LogP contribution in [0.15, 0.2) is 24.4 Å². The van der Waals surface area contributed by atoms with Crippen LogP contribution < -0.4 is 14.8 Å². The number of fused-ring (bicyclic) bond motifs is 1. The molecule has 1 aromatic carbocycles. The van der Waals surface area contributed by atoms with Gasteiger partial charge in [-0.3, -0.25) is 4.79 Å². The zero-order chi connectivity index (χ0) is 19.5. The van der Waals surface area contributed by atoms with E-state index in [0.29, 0.717) is 17.7 Å². The molecule has 1 aromatic heterocycles. The van der Waals surface area contributed by atoms with Crippen LogP contribution in [0.25, 0.3) is 0 Å². The largest absolute Gasteiger partial charge is 0.497 e. The van der Waals surface area contributed by atoms with Gasteiger partial charge in [-0.2, -0.15) is 0 Å². The number of hydrogen-bond donors (Lipinski definition) is 1. The van der Waals surface area contributed by atoms with Crippen LogP contribution in [0.1, 0.15) is 66.3 Å². The van der Waals surface area contributed by atoms with Crippen molar-refractivity contribution < 1.29 is 14.3 Å².